The van der Waals surface area contributed by atoms with Crippen LogP contribution in [0.2, 0.25) is 0 Å². The predicted octanol–water partition coefficient (Wildman–Crippen LogP) is 3.73. The molecule has 92 valence electrons. The van der Waals surface area contributed by atoms with Crippen LogP contribution in [0.25, 0.3) is 0 Å². The lowest BCUT2D eigenvalue weighted by Gasteiger charge is -2.24. The largest absolute Gasteiger partial charge is 0.311 e. The molecule has 3 fully saturated rings. The smallest absolute Gasteiger partial charge is 0.0105 e. The van der Waals surface area contributed by atoms with E-state index < -0.39 is 0 Å². The lowest BCUT2D eigenvalue weighted by molar-refractivity contribution is 0.298. The summed E-state index contributed by atoms with van der Waals surface area (Å²) in [6, 6.07) is 1.64. The van der Waals surface area contributed by atoms with E-state index in [1.54, 1.807) is 0 Å². The molecule has 16 heavy (non-hydrogen) atoms. The summed E-state index contributed by atoms with van der Waals surface area (Å²) in [6.07, 6.45) is 11.9. The van der Waals surface area contributed by atoms with Crippen molar-refractivity contribution in [3.63, 3.8) is 0 Å². The minimum absolute atomic E-state index is 0.652. The Morgan fingerprint density at radius 1 is 1.12 bits per heavy atom. The Kier molecular flexibility index (Phi) is 2.78. The molecule has 3 aliphatic rings. The lowest BCUT2D eigenvalue weighted by Crippen LogP contribution is -2.36. The minimum atomic E-state index is 0.652. The fraction of sp³-hybridized carbons (Fsp3) is 1.00. The topological polar surface area (TPSA) is 12.0 Å². The summed E-state index contributed by atoms with van der Waals surface area (Å²) in [5.74, 6) is 2.12. The van der Waals surface area contributed by atoms with E-state index in [2.05, 4.69) is 19.2 Å². The third kappa shape index (κ3) is 2.16. The second-order valence-corrected chi connectivity index (χ2v) is 6.95. The molecule has 0 aromatic carbocycles. The summed E-state index contributed by atoms with van der Waals surface area (Å²) in [6.45, 7) is 4.85. The Bertz CT molecular complexity index is 250. The Morgan fingerprint density at radius 2 is 1.81 bits per heavy atom. The summed E-state index contributed by atoms with van der Waals surface area (Å²) in [7, 11) is 0. The highest BCUT2D eigenvalue weighted by atomic mass is 15.0. The number of rotatable bonds is 4. The summed E-state index contributed by atoms with van der Waals surface area (Å²) in [5.41, 5.74) is 0.652. The highest BCUT2D eigenvalue weighted by Gasteiger charge is 2.48. The van der Waals surface area contributed by atoms with Crippen LogP contribution >= 0.6 is 0 Å². The molecule has 1 nitrogen and oxygen atoms in total. The van der Waals surface area contributed by atoms with Gasteiger partial charge in [0.25, 0.3) is 0 Å². The maximum atomic E-state index is 3.90. The monoisotopic (exact) mass is 221 g/mol. The van der Waals surface area contributed by atoms with Crippen LogP contribution in [0, 0.1) is 17.3 Å². The molecule has 3 atom stereocenters. The van der Waals surface area contributed by atoms with Gasteiger partial charge < -0.3 is 5.32 Å². The van der Waals surface area contributed by atoms with Gasteiger partial charge in [0.1, 0.15) is 0 Å². The normalized spacial score (nSPS) is 39.4. The van der Waals surface area contributed by atoms with Crippen molar-refractivity contribution in [3.05, 3.63) is 0 Å². The summed E-state index contributed by atoms with van der Waals surface area (Å²) in [5, 5.41) is 3.90. The Balaban J connectivity index is 1.45. The van der Waals surface area contributed by atoms with Gasteiger partial charge in [-0.3, -0.25) is 0 Å². The molecular weight excluding hydrogens is 194 g/mol. The zero-order valence-electron chi connectivity index (χ0n) is 11.0. The van der Waals surface area contributed by atoms with Crippen molar-refractivity contribution < 1.29 is 0 Å². The Labute approximate surface area is 100 Å². The predicted molar refractivity (Wildman–Crippen MR) is 68.4 cm³/mol. The molecule has 0 radical (unpaired) electrons. The van der Waals surface area contributed by atoms with E-state index in [1.165, 1.54) is 51.4 Å². The van der Waals surface area contributed by atoms with Crippen LogP contribution in [0.15, 0.2) is 0 Å². The highest BCUT2D eigenvalue weighted by Crippen LogP contribution is 2.50. The van der Waals surface area contributed by atoms with Crippen molar-refractivity contribution in [1.29, 1.82) is 0 Å². The molecule has 0 amide bonds. The van der Waals surface area contributed by atoms with E-state index in [0.717, 1.165) is 23.9 Å². The fourth-order valence-corrected chi connectivity index (χ4v) is 3.64. The molecule has 0 saturated heterocycles. The van der Waals surface area contributed by atoms with E-state index in [9.17, 15) is 0 Å². The molecule has 0 aromatic heterocycles. The Morgan fingerprint density at radius 3 is 2.44 bits per heavy atom. The number of hydrogen-bond acceptors (Lipinski definition) is 1. The average molecular weight is 221 g/mol. The summed E-state index contributed by atoms with van der Waals surface area (Å²) in [4.78, 5) is 0. The maximum absolute atomic E-state index is 3.90. The SMILES string of the molecule is CC(NC1CC1C1CCCCC1)C1(C)CC1. The van der Waals surface area contributed by atoms with Gasteiger partial charge in [-0.05, 0) is 43.4 Å². The van der Waals surface area contributed by atoms with E-state index in [1.807, 2.05) is 0 Å². The van der Waals surface area contributed by atoms with Crippen LogP contribution in [-0.4, -0.2) is 12.1 Å². The molecule has 1 N–H and O–H groups in total. The molecule has 1 heteroatoms. The first kappa shape index (κ1) is 11.1. The van der Waals surface area contributed by atoms with Gasteiger partial charge in [0.05, 0.1) is 0 Å². The summed E-state index contributed by atoms with van der Waals surface area (Å²) >= 11 is 0. The van der Waals surface area contributed by atoms with Crippen LogP contribution in [0.4, 0.5) is 0 Å². The minimum Gasteiger partial charge on any atom is -0.311 e. The molecule has 3 aliphatic carbocycles. The van der Waals surface area contributed by atoms with Crippen molar-refractivity contribution in [3.8, 4) is 0 Å². The van der Waals surface area contributed by atoms with Crippen LogP contribution < -0.4 is 5.32 Å². The molecule has 3 unspecified atom stereocenters. The van der Waals surface area contributed by atoms with Gasteiger partial charge >= 0.3 is 0 Å². The first-order valence-electron chi connectivity index (χ1n) is 7.45. The maximum Gasteiger partial charge on any atom is 0.0105 e. The van der Waals surface area contributed by atoms with Crippen molar-refractivity contribution >= 4 is 0 Å². The first-order valence-corrected chi connectivity index (χ1v) is 7.45. The first-order chi connectivity index (χ1) is 7.69. The quantitative estimate of drug-likeness (QED) is 0.762. The second-order valence-electron chi connectivity index (χ2n) is 6.95. The van der Waals surface area contributed by atoms with E-state index >= 15 is 0 Å². The molecule has 0 bridgehead atoms. The molecular formula is C15H27N. The van der Waals surface area contributed by atoms with Crippen LogP contribution in [0.1, 0.15) is 65.2 Å². The van der Waals surface area contributed by atoms with Gasteiger partial charge in [-0.15, -0.1) is 0 Å². The third-order valence-electron chi connectivity index (χ3n) is 5.64. The van der Waals surface area contributed by atoms with E-state index in [-0.39, 0.29) is 0 Å². The molecule has 3 saturated carbocycles. The molecule has 0 aromatic rings. The lowest BCUT2D eigenvalue weighted by atomic mass is 9.85. The van der Waals surface area contributed by atoms with E-state index in [0.29, 0.717) is 5.41 Å². The molecule has 0 heterocycles. The van der Waals surface area contributed by atoms with E-state index in [4.69, 9.17) is 0 Å². The number of hydrogen-bond donors (Lipinski definition) is 1. The van der Waals surface area contributed by atoms with Crippen molar-refractivity contribution in [2.24, 2.45) is 17.3 Å². The standard InChI is InChI=1S/C15H27N/c1-11(15(2)8-9-15)16-14-10-13(14)12-6-4-3-5-7-12/h11-14,16H,3-10H2,1-2H3. The van der Waals surface area contributed by atoms with Gasteiger partial charge in [-0.25, -0.2) is 0 Å². The fourth-order valence-electron chi connectivity index (χ4n) is 3.64. The highest BCUT2D eigenvalue weighted by molar-refractivity contribution is 5.03. The Hall–Kier alpha value is -0.0400. The van der Waals surface area contributed by atoms with Crippen LogP contribution in [-0.2, 0) is 0 Å². The van der Waals surface area contributed by atoms with Crippen molar-refractivity contribution in [2.45, 2.75) is 77.3 Å². The van der Waals surface area contributed by atoms with Crippen molar-refractivity contribution in [1.82, 2.24) is 5.32 Å². The molecule has 0 aliphatic heterocycles. The molecule has 0 spiro atoms. The van der Waals surface area contributed by atoms with Crippen molar-refractivity contribution in [2.75, 3.05) is 0 Å². The van der Waals surface area contributed by atoms with Crippen LogP contribution in [0.5, 0.6) is 0 Å². The zero-order chi connectivity index (χ0) is 11.2. The zero-order valence-corrected chi connectivity index (χ0v) is 11.0. The van der Waals surface area contributed by atoms with Gasteiger partial charge in [0.15, 0.2) is 0 Å². The average Bonchev–Trinajstić information content (AvgIpc) is 3.18. The van der Waals surface area contributed by atoms with Gasteiger partial charge in [-0.2, -0.15) is 0 Å². The second kappa shape index (κ2) is 4.01. The number of nitrogens with one attached hydrogen (secondary N) is 1. The van der Waals surface area contributed by atoms with Gasteiger partial charge in [-0.1, -0.05) is 39.0 Å². The van der Waals surface area contributed by atoms with Crippen LogP contribution in [0.3, 0.4) is 0 Å². The van der Waals surface area contributed by atoms with Gasteiger partial charge in [0.2, 0.25) is 0 Å². The van der Waals surface area contributed by atoms with Gasteiger partial charge in [0, 0.05) is 12.1 Å². The third-order valence-corrected chi connectivity index (χ3v) is 5.64. The summed E-state index contributed by atoms with van der Waals surface area (Å²) < 4.78 is 0. The molecule has 3 rings (SSSR count).